The molecule has 2 heterocycles. The van der Waals surface area contributed by atoms with Crippen LogP contribution in [0.2, 0.25) is 0 Å². The van der Waals surface area contributed by atoms with Crippen LogP contribution in [0, 0.1) is 0 Å². The van der Waals surface area contributed by atoms with Gasteiger partial charge in [-0.2, -0.15) is 4.98 Å². The van der Waals surface area contributed by atoms with Gasteiger partial charge in [0.1, 0.15) is 0 Å². The highest BCUT2D eigenvalue weighted by atomic mass is 32.1. The minimum Gasteiger partial charge on any atom is -0.339 e. The van der Waals surface area contributed by atoms with Crippen LogP contribution < -0.4 is 5.32 Å². The van der Waals surface area contributed by atoms with Crippen LogP contribution in [-0.2, 0) is 6.42 Å². The molecule has 0 aliphatic heterocycles. The first kappa shape index (κ1) is 12.8. The Morgan fingerprint density at radius 2 is 2.21 bits per heavy atom. The molecule has 5 heteroatoms. The molecule has 0 amide bonds. The summed E-state index contributed by atoms with van der Waals surface area (Å²) >= 11 is 1.64. The molecule has 1 aliphatic carbocycles. The zero-order valence-corrected chi connectivity index (χ0v) is 12.0. The highest BCUT2D eigenvalue weighted by Crippen LogP contribution is 2.31. The van der Waals surface area contributed by atoms with E-state index in [1.54, 1.807) is 11.3 Å². The van der Waals surface area contributed by atoms with E-state index < -0.39 is 0 Å². The molecule has 0 radical (unpaired) electrons. The summed E-state index contributed by atoms with van der Waals surface area (Å²) in [6.07, 6.45) is 7.13. The van der Waals surface area contributed by atoms with E-state index in [2.05, 4.69) is 15.5 Å². The van der Waals surface area contributed by atoms with Crippen molar-refractivity contribution >= 4 is 11.3 Å². The van der Waals surface area contributed by atoms with Gasteiger partial charge in [0.15, 0.2) is 0 Å². The molecule has 0 bridgehead atoms. The second-order valence-electron chi connectivity index (χ2n) is 5.26. The molecule has 4 nitrogen and oxygen atoms in total. The lowest BCUT2D eigenvalue weighted by atomic mass is 9.79. The molecule has 19 heavy (non-hydrogen) atoms. The Morgan fingerprint density at radius 1 is 1.37 bits per heavy atom. The van der Waals surface area contributed by atoms with E-state index in [-0.39, 0.29) is 5.54 Å². The van der Waals surface area contributed by atoms with Crippen molar-refractivity contribution in [2.45, 2.75) is 44.1 Å². The maximum absolute atomic E-state index is 5.42. The Labute approximate surface area is 117 Å². The number of hydrogen-bond donors (Lipinski definition) is 1. The lowest BCUT2D eigenvalue weighted by molar-refractivity contribution is 0.221. The standard InChI is InChI=1S/C14H19N3OS/c1-15-14(7-3-2-4-8-14)10-12-16-13(17-18-12)11-6-5-9-19-11/h5-6,9,15H,2-4,7-8,10H2,1H3. The number of hydrogen-bond acceptors (Lipinski definition) is 5. The number of nitrogens with one attached hydrogen (secondary N) is 1. The van der Waals surface area contributed by atoms with Gasteiger partial charge in [-0.25, -0.2) is 0 Å². The molecule has 0 spiro atoms. The predicted octanol–water partition coefficient (Wildman–Crippen LogP) is 3.26. The maximum atomic E-state index is 5.42. The van der Waals surface area contributed by atoms with Gasteiger partial charge < -0.3 is 9.84 Å². The SMILES string of the molecule is CNC1(Cc2nc(-c3cccs3)no2)CCCCC1. The summed E-state index contributed by atoms with van der Waals surface area (Å²) in [4.78, 5) is 5.60. The van der Waals surface area contributed by atoms with Crippen LogP contribution in [0.1, 0.15) is 38.0 Å². The third-order valence-electron chi connectivity index (χ3n) is 4.04. The first-order valence-corrected chi connectivity index (χ1v) is 7.75. The molecule has 0 unspecified atom stereocenters. The summed E-state index contributed by atoms with van der Waals surface area (Å²) in [6.45, 7) is 0. The number of nitrogens with zero attached hydrogens (tertiary/aromatic N) is 2. The third kappa shape index (κ3) is 2.72. The van der Waals surface area contributed by atoms with E-state index in [9.17, 15) is 0 Å². The summed E-state index contributed by atoms with van der Waals surface area (Å²) in [5.74, 6) is 1.46. The average molecular weight is 277 g/mol. The topological polar surface area (TPSA) is 51.0 Å². The van der Waals surface area contributed by atoms with Crippen molar-refractivity contribution in [1.82, 2.24) is 15.5 Å². The molecule has 1 aliphatic rings. The van der Waals surface area contributed by atoms with Crippen LogP contribution in [-0.4, -0.2) is 22.7 Å². The predicted molar refractivity (Wildman–Crippen MR) is 76.2 cm³/mol. The normalized spacial score (nSPS) is 18.6. The van der Waals surface area contributed by atoms with Crippen molar-refractivity contribution in [3.8, 4) is 10.7 Å². The van der Waals surface area contributed by atoms with Crippen molar-refractivity contribution in [1.29, 1.82) is 0 Å². The third-order valence-corrected chi connectivity index (χ3v) is 4.91. The minimum absolute atomic E-state index is 0.150. The monoisotopic (exact) mass is 277 g/mol. The van der Waals surface area contributed by atoms with Crippen LogP contribution in [0.5, 0.6) is 0 Å². The molecule has 2 aromatic rings. The fourth-order valence-electron chi connectivity index (χ4n) is 2.87. The molecule has 3 rings (SSSR count). The highest BCUT2D eigenvalue weighted by Gasteiger charge is 2.32. The van der Waals surface area contributed by atoms with E-state index >= 15 is 0 Å². The van der Waals surface area contributed by atoms with Crippen LogP contribution in [0.25, 0.3) is 10.7 Å². The van der Waals surface area contributed by atoms with Gasteiger partial charge in [0.2, 0.25) is 11.7 Å². The molecule has 102 valence electrons. The number of aromatic nitrogens is 2. The van der Waals surface area contributed by atoms with Gasteiger partial charge in [-0.15, -0.1) is 11.3 Å². The van der Waals surface area contributed by atoms with Gasteiger partial charge in [0, 0.05) is 12.0 Å². The Kier molecular flexibility index (Phi) is 3.66. The zero-order valence-electron chi connectivity index (χ0n) is 11.2. The highest BCUT2D eigenvalue weighted by molar-refractivity contribution is 7.13. The molecule has 0 atom stereocenters. The number of thiophene rings is 1. The fraction of sp³-hybridized carbons (Fsp3) is 0.571. The molecule has 0 saturated heterocycles. The molecule has 1 N–H and O–H groups in total. The summed E-state index contributed by atoms with van der Waals surface area (Å²) in [5.41, 5.74) is 0.150. The molecule has 1 fully saturated rings. The van der Waals surface area contributed by atoms with Crippen LogP contribution >= 0.6 is 11.3 Å². The van der Waals surface area contributed by atoms with Gasteiger partial charge in [-0.05, 0) is 31.3 Å². The Hall–Kier alpha value is -1.20. The fourth-order valence-corrected chi connectivity index (χ4v) is 3.51. The number of rotatable bonds is 4. The molecular formula is C14H19N3OS. The van der Waals surface area contributed by atoms with Gasteiger partial charge in [-0.1, -0.05) is 30.5 Å². The van der Waals surface area contributed by atoms with Gasteiger partial charge in [0.05, 0.1) is 4.88 Å². The van der Waals surface area contributed by atoms with Gasteiger partial charge >= 0.3 is 0 Å². The second kappa shape index (κ2) is 5.43. The lowest BCUT2D eigenvalue weighted by Gasteiger charge is -2.36. The lowest BCUT2D eigenvalue weighted by Crippen LogP contribution is -2.46. The van der Waals surface area contributed by atoms with Crippen molar-refractivity contribution in [2.75, 3.05) is 7.05 Å². The van der Waals surface area contributed by atoms with Crippen molar-refractivity contribution in [3.63, 3.8) is 0 Å². The van der Waals surface area contributed by atoms with Crippen molar-refractivity contribution in [3.05, 3.63) is 23.4 Å². The van der Waals surface area contributed by atoms with Crippen LogP contribution in [0.15, 0.2) is 22.0 Å². The zero-order chi connectivity index (χ0) is 13.1. The van der Waals surface area contributed by atoms with Crippen LogP contribution in [0.4, 0.5) is 0 Å². The van der Waals surface area contributed by atoms with Gasteiger partial charge in [0.25, 0.3) is 0 Å². The van der Waals surface area contributed by atoms with E-state index in [0.29, 0.717) is 5.82 Å². The van der Waals surface area contributed by atoms with E-state index in [1.807, 2.05) is 24.6 Å². The molecular weight excluding hydrogens is 258 g/mol. The van der Waals surface area contributed by atoms with E-state index in [0.717, 1.165) is 17.2 Å². The quantitative estimate of drug-likeness (QED) is 0.932. The first-order chi connectivity index (χ1) is 9.31. The van der Waals surface area contributed by atoms with Gasteiger partial charge in [-0.3, -0.25) is 0 Å². The summed E-state index contributed by atoms with van der Waals surface area (Å²) < 4.78 is 5.42. The maximum Gasteiger partial charge on any atom is 0.228 e. The Bertz CT molecular complexity index is 515. The molecule has 0 aromatic carbocycles. The van der Waals surface area contributed by atoms with Crippen LogP contribution in [0.3, 0.4) is 0 Å². The minimum atomic E-state index is 0.150. The smallest absolute Gasteiger partial charge is 0.228 e. The molecule has 2 aromatic heterocycles. The summed E-state index contributed by atoms with van der Waals surface area (Å²) in [7, 11) is 2.04. The number of likely N-dealkylation sites (N-methyl/N-ethyl adjacent to an activating group) is 1. The van der Waals surface area contributed by atoms with E-state index in [4.69, 9.17) is 4.52 Å². The second-order valence-corrected chi connectivity index (χ2v) is 6.20. The largest absolute Gasteiger partial charge is 0.339 e. The first-order valence-electron chi connectivity index (χ1n) is 6.87. The summed E-state index contributed by atoms with van der Waals surface area (Å²) in [6, 6.07) is 4.03. The molecule has 1 saturated carbocycles. The van der Waals surface area contributed by atoms with Crippen molar-refractivity contribution in [2.24, 2.45) is 0 Å². The summed E-state index contributed by atoms with van der Waals surface area (Å²) in [5, 5.41) is 9.60. The Morgan fingerprint density at radius 3 is 2.89 bits per heavy atom. The van der Waals surface area contributed by atoms with Crippen molar-refractivity contribution < 1.29 is 4.52 Å². The average Bonchev–Trinajstić information content (AvgIpc) is 3.10. The van der Waals surface area contributed by atoms with E-state index in [1.165, 1.54) is 32.1 Å². The Balaban J connectivity index is 1.76.